The Morgan fingerprint density at radius 2 is 2.21 bits per heavy atom. The van der Waals surface area contributed by atoms with Gasteiger partial charge in [0.2, 0.25) is 5.89 Å². The smallest absolute Gasteiger partial charge is 0.277 e. The Bertz CT molecular complexity index is 1070. The van der Waals surface area contributed by atoms with Gasteiger partial charge in [-0.25, -0.2) is 4.98 Å². The fourth-order valence-corrected chi connectivity index (χ4v) is 3.64. The fourth-order valence-electron chi connectivity index (χ4n) is 2.28. The average Bonchev–Trinajstić information content (AvgIpc) is 3.22. The maximum absolute atomic E-state index is 11.9. The summed E-state index contributed by atoms with van der Waals surface area (Å²) in [5, 5.41) is 10.4. The van der Waals surface area contributed by atoms with Crippen molar-refractivity contribution < 1.29 is 4.42 Å². The van der Waals surface area contributed by atoms with E-state index in [9.17, 15) is 4.79 Å². The average molecular weight is 356 g/mol. The minimum absolute atomic E-state index is 0.114. The summed E-state index contributed by atoms with van der Waals surface area (Å²) in [6.07, 6.45) is 0. The number of thiophene rings is 1. The molecule has 8 heteroatoms. The van der Waals surface area contributed by atoms with Gasteiger partial charge in [0.1, 0.15) is 10.5 Å². The highest BCUT2D eigenvalue weighted by atomic mass is 32.2. The number of fused-ring (bicyclic) bond motifs is 1. The second-order valence-corrected chi connectivity index (χ2v) is 7.02. The lowest BCUT2D eigenvalue weighted by Crippen LogP contribution is -2.09. The zero-order chi connectivity index (χ0) is 16.5. The van der Waals surface area contributed by atoms with Crippen LogP contribution in [0, 0.1) is 6.92 Å². The Morgan fingerprint density at radius 1 is 1.29 bits per heavy atom. The topological polar surface area (TPSA) is 84.7 Å². The monoisotopic (exact) mass is 356 g/mol. The van der Waals surface area contributed by atoms with E-state index in [0.717, 1.165) is 11.1 Å². The molecule has 24 heavy (non-hydrogen) atoms. The van der Waals surface area contributed by atoms with Gasteiger partial charge in [0.25, 0.3) is 10.8 Å². The van der Waals surface area contributed by atoms with E-state index in [1.807, 2.05) is 42.6 Å². The summed E-state index contributed by atoms with van der Waals surface area (Å²) in [6, 6.07) is 9.72. The van der Waals surface area contributed by atoms with Gasteiger partial charge in [0.15, 0.2) is 0 Å². The SMILES string of the molecule is Cc1cccc(-c2nnc(SCc3nc4ccsc4c(=O)[nH]3)o2)c1. The molecule has 0 unspecified atom stereocenters. The van der Waals surface area contributed by atoms with Crippen molar-refractivity contribution in [3.05, 3.63) is 57.5 Å². The second kappa shape index (κ2) is 6.21. The molecule has 6 nitrogen and oxygen atoms in total. The Morgan fingerprint density at radius 3 is 3.08 bits per heavy atom. The number of H-pyrrole nitrogens is 1. The first-order valence-corrected chi connectivity index (χ1v) is 9.05. The molecular weight excluding hydrogens is 344 g/mol. The molecule has 4 aromatic rings. The van der Waals surface area contributed by atoms with Gasteiger partial charge in [0, 0.05) is 5.56 Å². The van der Waals surface area contributed by atoms with Crippen molar-refractivity contribution in [2.45, 2.75) is 17.9 Å². The number of nitrogens with zero attached hydrogens (tertiary/aromatic N) is 3. The van der Waals surface area contributed by atoms with E-state index in [0.29, 0.717) is 32.9 Å². The van der Waals surface area contributed by atoms with Gasteiger partial charge in [-0.15, -0.1) is 21.5 Å². The lowest BCUT2D eigenvalue weighted by molar-refractivity contribution is 0.465. The normalized spacial score (nSPS) is 11.2. The van der Waals surface area contributed by atoms with Gasteiger partial charge in [-0.3, -0.25) is 4.79 Å². The molecule has 0 saturated carbocycles. The van der Waals surface area contributed by atoms with Crippen LogP contribution >= 0.6 is 23.1 Å². The standard InChI is InChI=1S/C16H12N4O2S2/c1-9-3-2-4-10(7-9)15-19-20-16(22-15)24-8-12-17-11-5-6-23-13(11)14(21)18-12/h2-7H,8H2,1H3,(H,17,18,21). The van der Waals surface area contributed by atoms with Gasteiger partial charge >= 0.3 is 0 Å². The molecule has 4 rings (SSSR count). The van der Waals surface area contributed by atoms with E-state index in [2.05, 4.69) is 20.2 Å². The van der Waals surface area contributed by atoms with Crippen molar-refractivity contribution in [3.63, 3.8) is 0 Å². The van der Waals surface area contributed by atoms with E-state index >= 15 is 0 Å². The largest absolute Gasteiger partial charge is 0.411 e. The highest BCUT2D eigenvalue weighted by molar-refractivity contribution is 7.98. The lowest BCUT2D eigenvalue weighted by atomic mass is 10.1. The first kappa shape index (κ1) is 15.1. The molecule has 0 spiro atoms. The predicted molar refractivity (Wildman–Crippen MR) is 94.3 cm³/mol. The molecule has 1 aromatic carbocycles. The minimum atomic E-state index is -0.114. The number of thioether (sulfide) groups is 1. The summed E-state index contributed by atoms with van der Waals surface area (Å²) in [5.41, 5.74) is 2.62. The molecule has 0 radical (unpaired) electrons. The molecule has 0 aliphatic carbocycles. The number of benzene rings is 1. The first-order valence-electron chi connectivity index (χ1n) is 7.19. The van der Waals surface area contributed by atoms with Crippen LogP contribution in [0.3, 0.4) is 0 Å². The number of hydrogen-bond acceptors (Lipinski definition) is 7. The number of aromatic nitrogens is 4. The molecule has 0 fully saturated rings. The van der Waals surface area contributed by atoms with Gasteiger partial charge in [-0.2, -0.15) is 0 Å². The van der Waals surface area contributed by atoms with Crippen molar-refractivity contribution in [1.29, 1.82) is 0 Å². The number of hydrogen-bond donors (Lipinski definition) is 1. The van der Waals surface area contributed by atoms with Crippen LogP contribution in [0.5, 0.6) is 0 Å². The van der Waals surface area contributed by atoms with Crippen LogP contribution in [-0.4, -0.2) is 20.2 Å². The van der Waals surface area contributed by atoms with Crippen LogP contribution in [0.1, 0.15) is 11.4 Å². The van der Waals surface area contributed by atoms with Gasteiger partial charge in [0.05, 0.1) is 11.3 Å². The molecule has 0 aliphatic heterocycles. The first-order chi connectivity index (χ1) is 11.7. The van der Waals surface area contributed by atoms with Crippen molar-refractivity contribution in [1.82, 2.24) is 20.2 Å². The van der Waals surface area contributed by atoms with Gasteiger partial charge in [-0.1, -0.05) is 29.5 Å². The Balaban J connectivity index is 1.52. The third-order valence-corrected chi connectivity index (χ3v) is 5.10. The van der Waals surface area contributed by atoms with E-state index in [1.165, 1.54) is 23.1 Å². The minimum Gasteiger partial charge on any atom is -0.411 e. The molecule has 0 saturated heterocycles. The Hall–Kier alpha value is -2.45. The molecular formula is C16H12N4O2S2. The van der Waals surface area contributed by atoms with Crippen LogP contribution in [0.15, 0.2) is 50.1 Å². The molecule has 0 amide bonds. The fraction of sp³-hybridized carbons (Fsp3) is 0.125. The van der Waals surface area contributed by atoms with E-state index in [1.54, 1.807) is 0 Å². The summed E-state index contributed by atoms with van der Waals surface area (Å²) in [5.74, 6) is 1.53. The summed E-state index contributed by atoms with van der Waals surface area (Å²) in [4.78, 5) is 19.2. The van der Waals surface area contributed by atoms with Crippen LogP contribution in [-0.2, 0) is 5.75 Å². The van der Waals surface area contributed by atoms with E-state index in [4.69, 9.17) is 4.42 Å². The molecule has 3 heterocycles. The summed E-state index contributed by atoms with van der Waals surface area (Å²) in [6.45, 7) is 2.01. The Kier molecular flexibility index (Phi) is 3.91. The zero-order valence-corrected chi connectivity index (χ0v) is 14.3. The highest BCUT2D eigenvalue weighted by Gasteiger charge is 2.11. The van der Waals surface area contributed by atoms with E-state index < -0.39 is 0 Å². The van der Waals surface area contributed by atoms with Crippen molar-refractivity contribution in [3.8, 4) is 11.5 Å². The summed E-state index contributed by atoms with van der Waals surface area (Å²) < 4.78 is 6.31. The summed E-state index contributed by atoms with van der Waals surface area (Å²) >= 11 is 2.73. The third kappa shape index (κ3) is 2.98. The number of rotatable bonds is 4. The maximum Gasteiger partial charge on any atom is 0.277 e. The van der Waals surface area contributed by atoms with E-state index in [-0.39, 0.29) is 5.56 Å². The maximum atomic E-state index is 11.9. The molecule has 120 valence electrons. The quantitative estimate of drug-likeness (QED) is 0.562. The van der Waals surface area contributed by atoms with Crippen molar-refractivity contribution >= 4 is 33.3 Å². The lowest BCUT2D eigenvalue weighted by Gasteiger charge is -1.98. The number of aromatic amines is 1. The van der Waals surface area contributed by atoms with Crippen LogP contribution in [0.4, 0.5) is 0 Å². The van der Waals surface area contributed by atoms with Crippen molar-refractivity contribution in [2.24, 2.45) is 0 Å². The number of aryl methyl sites for hydroxylation is 1. The molecule has 0 bridgehead atoms. The zero-order valence-electron chi connectivity index (χ0n) is 12.6. The molecule has 3 aromatic heterocycles. The molecule has 0 atom stereocenters. The van der Waals surface area contributed by atoms with Crippen LogP contribution in [0.25, 0.3) is 21.7 Å². The third-order valence-electron chi connectivity index (χ3n) is 3.37. The second-order valence-electron chi connectivity index (χ2n) is 5.18. The predicted octanol–water partition coefficient (Wildman–Crippen LogP) is 3.64. The van der Waals surface area contributed by atoms with Gasteiger partial charge < -0.3 is 9.40 Å². The molecule has 1 N–H and O–H groups in total. The number of nitrogens with one attached hydrogen (secondary N) is 1. The van der Waals surface area contributed by atoms with Crippen LogP contribution < -0.4 is 5.56 Å². The van der Waals surface area contributed by atoms with Crippen LogP contribution in [0.2, 0.25) is 0 Å². The Labute approximate surface area is 145 Å². The van der Waals surface area contributed by atoms with Crippen molar-refractivity contribution in [2.75, 3.05) is 0 Å². The molecule has 0 aliphatic rings. The summed E-state index contributed by atoms with van der Waals surface area (Å²) in [7, 11) is 0. The van der Waals surface area contributed by atoms with Gasteiger partial charge in [-0.05, 0) is 30.5 Å². The highest BCUT2D eigenvalue weighted by Crippen LogP contribution is 2.25.